The number of carbonyl (C=O) groups excluding carboxylic acids is 2. The Morgan fingerprint density at radius 3 is 2.71 bits per heavy atom. The van der Waals surface area contributed by atoms with Gasteiger partial charge in [0.1, 0.15) is 0 Å². The number of aromatic nitrogens is 1. The number of hydrogen-bond acceptors (Lipinski definition) is 6. The molecular formula is C10H14N4O3. The van der Waals surface area contributed by atoms with Gasteiger partial charge in [0.05, 0.1) is 24.9 Å². The van der Waals surface area contributed by atoms with Crippen LogP contribution in [-0.4, -0.2) is 37.6 Å². The summed E-state index contributed by atoms with van der Waals surface area (Å²) in [5.74, 6) is -0.762. The first-order valence-corrected chi connectivity index (χ1v) is 4.79. The molecule has 0 spiro atoms. The zero-order valence-corrected chi connectivity index (χ0v) is 9.64. The van der Waals surface area contributed by atoms with Crippen molar-refractivity contribution in [3.63, 3.8) is 0 Å². The van der Waals surface area contributed by atoms with E-state index in [1.807, 2.05) is 0 Å². The molecule has 7 heteroatoms. The molecule has 0 saturated carbocycles. The van der Waals surface area contributed by atoms with Crippen LogP contribution in [0.15, 0.2) is 12.3 Å². The first kappa shape index (κ1) is 12.8. The van der Waals surface area contributed by atoms with E-state index in [1.165, 1.54) is 24.3 Å². The highest BCUT2D eigenvalue weighted by molar-refractivity contribution is 5.97. The number of methoxy groups -OCH3 is 1. The quantitative estimate of drug-likeness (QED) is 0.675. The molecule has 1 heterocycles. The van der Waals surface area contributed by atoms with Gasteiger partial charge >= 0.3 is 5.97 Å². The Kier molecular flexibility index (Phi) is 3.86. The van der Waals surface area contributed by atoms with Gasteiger partial charge in [0.15, 0.2) is 5.82 Å². The molecule has 0 aromatic carbocycles. The van der Waals surface area contributed by atoms with Crippen molar-refractivity contribution < 1.29 is 14.3 Å². The molecule has 0 fully saturated rings. The van der Waals surface area contributed by atoms with Crippen molar-refractivity contribution in [1.82, 2.24) is 4.98 Å². The fraction of sp³-hybridized carbons (Fsp3) is 0.300. The number of nitrogen functional groups attached to an aromatic ring is 1. The van der Waals surface area contributed by atoms with Crippen LogP contribution in [0.5, 0.6) is 0 Å². The molecule has 0 saturated heterocycles. The fourth-order valence-corrected chi connectivity index (χ4v) is 1.36. The summed E-state index contributed by atoms with van der Waals surface area (Å²) in [4.78, 5) is 27.6. The van der Waals surface area contributed by atoms with E-state index in [4.69, 9.17) is 11.5 Å². The predicted octanol–water partition coefficient (Wildman–Crippen LogP) is -0.628. The van der Waals surface area contributed by atoms with Crippen molar-refractivity contribution >= 4 is 23.4 Å². The van der Waals surface area contributed by atoms with E-state index in [0.29, 0.717) is 5.82 Å². The van der Waals surface area contributed by atoms with Crippen molar-refractivity contribution in [2.45, 2.75) is 0 Å². The van der Waals surface area contributed by atoms with Crippen molar-refractivity contribution in [2.24, 2.45) is 5.73 Å². The van der Waals surface area contributed by atoms with E-state index in [1.54, 1.807) is 7.05 Å². The lowest BCUT2D eigenvalue weighted by atomic mass is 10.2. The number of carbonyl (C=O) groups is 2. The Morgan fingerprint density at radius 2 is 2.18 bits per heavy atom. The third-order valence-corrected chi connectivity index (χ3v) is 2.13. The highest BCUT2D eigenvalue weighted by atomic mass is 16.5. The van der Waals surface area contributed by atoms with Gasteiger partial charge in [0.25, 0.3) is 0 Å². The van der Waals surface area contributed by atoms with E-state index in [9.17, 15) is 9.59 Å². The Bertz CT molecular complexity index is 447. The van der Waals surface area contributed by atoms with E-state index < -0.39 is 11.9 Å². The molecule has 0 bridgehead atoms. The van der Waals surface area contributed by atoms with Crippen LogP contribution in [0.4, 0.5) is 11.5 Å². The Morgan fingerprint density at radius 1 is 1.53 bits per heavy atom. The van der Waals surface area contributed by atoms with Gasteiger partial charge in [-0.05, 0) is 6.07 Å². The van der Waals surface area contributed by atoms with Crippen molar-refractivity contribution in [1.29, 1.82) is 0 Å². The molecule has 1 aromatic heterocycles. The molecule has 0 aliphatic carbocycles. The average Bonchev–Trinajstić information content (AvgIpc) is 2.27. The van der Waals surface area contributed by atoms with Gasteiger partial charge in [0, 0.05) is 13.2 Å². The maximum absolute atomic E-state index is 11.4. The SMILES string of the molecule is COC(=O)c1ccnc(N(C)CC(N)=O)c1N. The van der Waals surface area contributed by atoms with Crippen molar-refractivity contribution in [3.8, 4) is 0 Å². The lowest BCUT2D eigenvalue weighted by Gasteiger charge is -2.18. The predicted molar refractivity (Wildman–Crippen MR) is 62.5 cm³/mol. The number of pyridine rings is 1. The first-order chi connectivity index (χ1) is 7.97. The number of primary amides is 1. The van der Waals surface area contributed by atoms with Crippen LogP contribution >= 0.6 is 0 Å². The van der Waals surface area contributed by atoms with Crippen LogP contribution in [0, 0.1) is 0 Å². The molecule has 4 N–H and O–H groups in total. The smallest absolute Gasteiger partial charge is 0.340 e. The maximum atomic E-state index is 11.4. The summed E-state index contributed by atoms with van der Waals surface area (Å²) in [5.41, 5.74) is 11.2. The standard InChI is InChI=1S/C10H14N4O3/c1-14(5-7(11)15)9-8(12)6(3-4-13-9)10(16)17-2/h3-4H,5,12H2,1-2H3,(H2,11,15). The van der Waals surface area contributed by atoms with Crippen molar-refractivity contribution in [2.75, 3.05) is 31.3 Å². The van der Waals surface area contributed by atoms with Crippen LogP contribution in [0.1, 0.15) is 10.4 Å². The van der Waals surface area contributed by atoms with E-state index in [0.717, 1.165) is 0 Å². The summed E-state index contributed by atoms with van der Waals surface area (Å²) < 4.78 is 4.58. The van der Waals surface area contributed by atoms with Gasteiger partial charge in [-0.25, -0.2) is 9.78 Å². The minimum absolute atomic E-state index is 0.0399. The highest BCUT2D eigenvalue weighted by Crippen LogP contribution is 2.23. The molecule has 0 radical (unpaired) electrons. The molecule has 1 rings (SSSR count). The number of ether oxygens (including phenoxy) is 1. The molecule has 1 amide bonds. The number of hydrogen-bond donors (Lipinski definition) is 2. The van der Waals surface area contributed by atoms with Gasteiger partial charge < -0.3 is 21.1 Å². The first-order valence-electron chi connectivity index (χ1n) is 4.79. The van der Waals surface area contributed by atoms with E-state index in [-0.39, 0.29) is 17.8 Å². The number of esters is 1. The van der Waals surface area contributed by atoms with Gasteiger partial charge in [-0.15, -0.1) is 0 Å². The average molecular weight is 238 g/mol. The number of nitrogens with zero attached hydrogens (tertiary/aromatic N) is 2. The largest absolute Gasteiger partial charge is 0.465 e. The number of likely N-dealkylation sites (N-methyl/N-ethyl adjacent to an activating group) is 1. The Hall–Kier alpha value is -2.31. The van der Waals surface area contributed by atoms with Gasteiger partial charge in [-0.3, -0.25) is 4.79 Å². The van der Waals surface area contributed by atoms with Crippen LogP contribution in [0.2, 0.25) is 0 Å². The zero-order valence-electron chi connectivity index (χ0n) is 9.64. The summed E-state index contributed by atoms with van der Waals surface area (Å²) in [5, 5.41) is 0. The normalized spacial score (nSPS) is 9.76. The van der Waals surface area contributed by atoms with E-state index >= 15 is 0 Å². The second-order valence-electron chi connectivity index (χ2n) is 3.41. The number of anilines is 2. The fourth-order valence-electron chi connectivity index (χ4n) is 1.36. The van der Waals surface area contributed by atoms with E-state index in [2.05, 4.69) is 9.72 Å². The molecule has 17 heavy (non-hydrogen) atoms. The van der Waals surface area contributed by atoms with Gasteiger partial charge in [0.2, 0.25) is 5.91 Å². The van der Waals surface area contributed by atoms with Gasteiger partial charge in [-0.2, -0.15) is 0 Å². The van der Waals surface area contributed by atoms with Crippen LogP contribution < -0.4 is 16.4 Å². The lowest BCUT2D eigenvalue weighted by molar-refractivity contribution is -0.116. The van der Waals surface area contributed by atoms with Crippen LogP contribution in [-0.2, 0) is 9.53 Å². The molecule has 7 nitrogen and oxygen atoms in total. The number of nitrogens with two attached hydrogens (primary N) is 2. The monoisotopic (exact) mass is 238 g/mol. The minimum Gasteiger partial charge on any atom is -0.465 e. The summed E-state index contributed by atoms with van der Waals surface area (Å²) in [6, 6.07) is 1.45. The molecule has 0 aliphatic heterocycles. The summed E-state index contributed by atoms with van der Waals surface area (Å²) in [6.45, 7) is -0.0399. The minimum atomic E-state index is -0.557. The van der Waals surface area contributed by atoms with Gasteiger partial charge in [-0.1, -0.05) is 0 Å². The van der Waals surface area contributed by atoms with Crippen molar-refractivity contribution in [3.05, 3.63) is 17.8 Å². The van der Waals surface area contributed by atoms with Crippen LogP contribution in [0.25, 0.3) is 0 Å². The third kappa shape index (κ3) is 2.83. The summed E-state index contributed by atoms with van der Waals surface area (Å²) >= 11 is 0. The molecule has 0 aliphatic rings. The highest BCUT2D eigenvalue weighted by Gasteiger charge is 2.16. The molecule has 1 aromatic rings. The Labute approximate surface area is 98.4 Å². The summed E-state index contributed by atoms with van der Waals surface area (Å²) in [7, 11) is 2.86. The second kappa shape index (κ2) is 5.15. The molecule has 92 valence electrons. The third-order valence-electron chi connectivity index (χ3n) is 2.13. The number of amides is 1. The van der Waals surface area contributed by atoms with Crippen LogP contribution in [0.3, 0.4) is 0 Å². The topological polar surface area (TPSA) is 112 Å². The molecular weight excluding hydrogens is 224 g/mol. The summed E-state index contributed by atoms with van der Waals surface area (Å²) in [6.07, 6.45) is 1.41. The second-order valence-corrected chi connectivity index (χ2v) is 3.41. The Balaban J connectivity index is 3.09. The zero-order chi connectivity index (χ0) is 13.0. The molecule has 0 unspecified atom stereocenters. The lowest BCUT2D eigenvalue weighted by Crippen LogP contribution is -2.31. The maximum Gasteiger partial charge on any atom is 0.340 e. The molecule has 0 atom stereocenters. The number of rotatable bonds is 4.